The van der Waals surface area contributed by atoms with Crippen molar-refractivity contribution < 1.29 is 14.7 Å². The lowest BCUT2D eigenvalue weighted by Gasteiger charge is -2.23. The first-order chi connectivity index (χ1) is 7.65. The van der Waals surface area contributed by atoms with Gasteiger partial charge in [-0.3, -0.25) is 9.59 Å². The zero-order valence-corrected chi connectivity index (χ0v) is 9.95. The monoisotopic (exact) mass is 227 g/mol. The highest BCUT2D eigenvalue weighted by molar-refractivity contribution is 5.76. The Bertz CT molecular complexity index is 253. The van der Waals surface area contributed by atoms with E-state index in [4.69, 9.17) is 5.11 Å². The standard InChI is InChI=1S/C12H21NO3/c1-2-10-6-5-9-13(10)11(14)7-3-4-8-12(15)16/h10H,2-9H2,1H3,(H,15,16). The molecule has 4 heteroatoms. The summed E-state index contributed by atoms with van der Waals surface area (Å²) in [5.41, 5.74) is 0. The highest BCUT2D eigenvalue weighted by Gasteiger charge is 2.26. The molecule has 0 radical (unpaired) electrons. The third-order valence-corrected chi connectivity index (χ3v) is 3.20. The van der Waals surface area contributed by atoms with E-state index < -0.39 is 5.97 Å². The quantitative estimate of drug-likeness (QED) is 0.706. The van der Waals surface area contributed by atoms with Crippen LogP contribution in [0.1, 0.15) is 51.9 Å². The minimum Gasteiger partial charge on any atom is -0.481 e. The first-order valence-electron chi connectivity index (χ1n) is 6.16. The van der Waals surface area contributed by atoms with Crippen molar-refractivity contribution in [1.82, 2.24) is 4.90 Å². The molecule has 1 atom stereocenters. The van der Waals surface area contributed by atoms with Crippen LogP contribution in [0.3, 0.4) is 0 Å². The number of rotatable bonds is 6. The van der Waals surface area contributed by atoms with Gasteiger partial charge in [-0.15, -0.1) is 0 Å². The van der Waals surface area contributed by atoms with Crippen LogP contribution in [0, 0.1) is 0 Å². The molecular weight excluding hydrogens is 206 g/mol. The Kier molecular flexibility index (Phi) is 5.29. The van der Waals surface area contributed by atoms with Gasteiger partial charge in [0.25, 0.3) is 0 Å². The summed E-state index contributed by atoms with van der Waals surface area (Å²) < 4.78 is 0. The predicted molar refractivity (Wildman–Crippen MR) is 61.1 cm³/mol. The van der Waals surface area contributed by atoms with Gasteiger partial charge >= 0.3 is 5.97 Å². The molecule has 1 fully saturated rings. The van der Waals surface area contributed by atoms with Crippen LogP contribution in [0.4, 0.5) is 0 Å². The van der Waals surface area contributed by atoms with Gasteiger partial charge in [0.05, 0.1) is 0 Å². The van der Waals surface area contributed by atoms with Gasteiger partial charge < -0.3 is 10.0 Å². The molecule has 4 nitrogen and oxygen atoms in total. The second kappa shape index (κ2) is 6.51. The highest BCUT2D eigenvalue weighted by atomic mass is 16.4. The van der Waals surface area contributed by atoms with Gasteiger partial charge in [0.15, 0.2) is 0 Å². The Labute approximate surface area is 96.6 Å². The van der Waals surface area contributed by atoms with Gasteiger partial charge in [-0.25, -0.2) is 0 Å². The smallest absolute Gasteiger partial charge is 0.303 e. The van der Waals surface area contributed by atoms with Crippen molar-refractivity contribution in [2.75, 3.05) is 6.54 Å². The van der Waals surface area contributed by atoms with Gasteiger partial charge in [-0.05, 0) is 32.1 Å². The molecule has 1 saturated heterocycles. The van der Waals surface area contributed by atoms with Crippen LogP contribution in [0.5, 0.6) is 0 Å². The summed E-state index contributed by atoms with van der Waals surface area (Å²) in [5.74, 6) is -0.574. The first-order valence-corrected chi connectivity index (χ1v) is 6.16. The van der Waals surface area contributed by atoms with E-state index in [1.807, 2.05) is 4.90 Å². The summed E-state index contributed by atoms with van der Waals surface area (Å²) in [5, 5.41) is 8.48. The average molecular weight is 227 g/mol. The number of hydrogen-bond acceptors (Lipinski definition) is 2. The number of unbranched alkanes of at least 4 members (excludes halogenated alkanes) is 1. The van der Waals surface area contributed by atoms with E-state index >= 15 is 0 Å². The van der Waals surface area contributed by atoms with Crippen LogP contribution in [-0.4, -0.2) is 34.5 Å². The number of carbonyl (C=O) groups is 2. The normalized spacial score (nSPS) is 20.1. The summed E-state index contributed by atoms with van der Waals surface area (Å²) in [4.78, 5) is 24.1. The van der Waals surface area contributed by atoms with Crippen molar-refractivity contribution in [3.63, 3.8) is 0 Å². The number of carboxylic acid groups (broad SMARTS) is 1. The predicted octanol–water partition coefficient (Wildman–Crippen LogP) is 2.03. The van der Waals surface area contributed by atoms with Crippen molar-refractivity contribution in [1.29, 1.82) is 0 Å². The molecule has 0 aliphatic carbocycles. The molecule has 0 aromatic rings. The maximum Gasteiger partial charge on any atom is 0.303 e. The molecule has 0 spiro atoms. The molecule has 1 rings (SSSR count). The molecule has 92 valence electrons. The number of aliphatic carboxylic acids is 1. The fraction of sp³-hybridized carbons (Fsp3) is 0.833. The van der Waals surface area contributed by atoms with Gasteiger partial charge in [-0.1, -0.05) is 6.92 Å². The number of amides is 1. The third-order valence-electron chi connectivity index (χ3n) is 3.20. The lowest BCUT2D eigenvalue weighted by Crippen LogP contribution is -2.34. The molecule has 1 amide bonds. The SMILES string of the molecule is CCC1CCCN1C(=O)CCCCC(=O)O. The van der Waals surface area contributed by atoms with E-state index in [-0.39, 0.29) is 12.3 Å². The van der Waals surface area contributed by atoms with Gasteiger partial charge in [0.2, 0.25) is 5.91 Å². The largest absolute Gasteiger partial charge is 0.481 e. The zero-order chi connectivity index (χ0) is 12.0. The van der Waals surface area contributed by atoms with Crippen LogP contribution in [0.15, 0.2) is 0 Å². The van der Waals surface area contributed by atoms with Crippen LogP contribution in [0.2, 0.25) is 0 Å². The van der Waals surface area contributed by atoms with E-state index in [9.17, 15) is 9.59 Å². The Morgan fingerprint density at radius 1 is 1.31 bits per heavy atom. The first kappa shape index (κ1) is 13.0. The van der Waals surface area contributed by atoms with E-state index in [0.717, 1.165) is 25.8 Å². The van der Waals surface area contributed by atoms with Gasteiger partial charge in [-0.2, -0.15) is 0 Å². The molecule has 0 aromatic carbocycles. The lowest BCUT2D eigenvalue weighted by molar-refractivity contribution is -0.137. The molecule has 1 heterocycles. The summed E-state index contributed by atoms with van der Waals surface area (Å²) in [6.45, 7) is 3.00. The van der Waals surface area contributed by atoms with Crippen molar-refractivity contribution in [3.05, 3.63) is 0 Å². The third kappa shape index (κ3) is 3.83. The molecule has 0 saturated carbocycles. The van der Waals surface area contributed by atoms with Crippen LogP contribution < -0.4 is 0 Å². The Balaban J connectivity index is 2.21. The van der Waals surface area contributed by atoms with E-state index in [1.54, 1.807) is 0 Å². The molecule has 1 aliphatic rings. The fourth-order valence-electron chi connectivity index (χ4n) is 2.28. The topological polar surface area (TPSA) is 57.6 Å². The van der Waals surface area contributed by atoms with Crippen molar-refractivity contribution in [2.24, 2.45) is 0 Å². The average Bonchev–Trinajstić information content (AvgIpc) is 2.71. The summed E-state index contributed by atoms with van der Waals surface area (Å²) in [6, 6.07) is 0.423. The Morgan fingerprint density at radius 3 is 2.62 bits per heavy atom. The Hall–Kier alpha value is -1.06. The van der Waals surface area contributed by atoms with Crippen molar-refractivity contribution in [2.45, 2.75) is 57.9 Å². The summed E-state index contributed by atoms with van der Waals surface area (Å²) >= 11 is 0. The van der Waals surface area contributed by atoms with E-state index in [0.29, 0.717) is 25.3 Å². The molecule has 16 heavy (non-hydrogen) atoms. The second-order valence-electron chi connectivity index (χ2n) is 4.39. The van der Waals surface area contributed by atoms with Crippen LogP contribution >= 0.6 is 0 Å². The summed E-state index contributed by atoms with van der Waals surface area (Å²) in [7, 11) is 0. The molecule has 1 N–H and O–H groups in total. The van der Waals surface area contributed by atoms with Gasteiger partial charge in [0, 0.05) is 25.4 Å². The molecule has 1 aliphatic heterocycles. The van der Waals surface area contributed by atoms with E-state index in [2.05, 4.69) is 6.92 Å². The number of nitrogens with zero attached hydrogens (tertiary/aromatic N) is 1. The molecule has 0 bridgehead atoms. The maximum absolute atomic E-state index is 11.8. The zero-order valence-electron chi connectivity index (χ0n) is 9.95. The maximum atomic E-state index is 11.8. The molecule has 1 unspecified atom stereocenters. The van der Waals surface area contributed by atoms with E-state index in [1.165, 1.54) is 0 Å². The number of likely N-dealkylation sites (tertiary alicyclic amines) is 1. The number of carbonyl (C=O) groups excluding carboxylic acids is 1. The lowest BCUT2D eigenvalue weighted by atomic mass is 10.1. The molecule has 0 aromatic heterocycles. The summed E-state index contributed by atoms with van der Waals surface area (Å²) in [6.07, 6.45) is 5.23. The fourth-order valence-corrected chi connectivity index (χ4v) is 2.28. The Morgan fingerprint density at radius 2 is 2.00 bits per heavy atom. The minimum atomic E-state index is -0.778. The number of carboxylic acids is 1. The van der Waals surface area contributed by atoms with Crippen molar-refractivity contribution in [3.8, 4) is 0 Å². The van der Waals surface area contributed by atoms with Gasteiger partial charge in [0.1, 0.15) is 0 Å². The minimum absolute atomic E-state index is 0.171. The van der Waals surface area contributed by atoms with Crippen LogP contribution in [0.25, 0.3) is 0 Å². The second-order valence-corrected chi connectivity index (χ2v) is 4.39. The van der Waals surface area contributed by atoms with Crippen molar-refractivity contribution >= 4 is 11.9 Å². The highest BCUT2D eigenvalue weighted by Crippen LogP contribution is 2.21. The molecular formula is C12H21NO3. The number of hydrogen-bond donors (Lipinski definition) is 1. The van der Waals surface area contributed by atoms with Crippen LogP contribution in [-0.2, 0) is 9.59 Å².